The second kappa shape index (κ2) is 8.82. The summed E-state index contributed by atoms with van der Waals surface area (Å²) in [5.74, 6) is 0.185. The SMILES string of the molecule is CCOc1ccc(S(=O)(=O)N[C@H](C(=O)NC(C)C)c2ccccc2)cc1. The summed E-state index contributed by atoms with van der Waals surface area (Å²) < 4.78 is 33.3. The summed E-state index contributed by atoms with van der Waals surface area (Å²) in [5, 5.41) is 2.76. The number of hydrogen-bond acceptors (Lipinski definition) is 4. The minimum Gasteiger partial charge on any atom is -0.494 e. The number of ether oxygens (including phenoxy) is 1. The lowest BCUT2D eigenvalue weighted by Gasteiger charge is -2.20. The molecule has 0 saturated heterocycles. The van der Waals surface area contributed by atoms with Crippen molar-refractivity contribution in [2.75, 3.05) is 6.61 Å². The maximum absolute atomic E-state index is 12.7. The summed E-state index contributed by atoms with van der Waals surface area (Å²) in [7, 11) is -3.89. The van der Waals surface area contributed by atoms with Gasteiger partial charge in [-0.1, -0.05) is 30.3 Å². The van der Waals surface area contributed by atoms with Crippen LogP contribution in [-0.4, -0.2) is 27.0 Å². The normalized spacial score (nSPS) is 12.6. The van der Waals surface area contributed by atoms with Gasteiger partial charge in [0.1, 0.15) is 11.8 Å². The molecule has 0 aliphatic rings. The lowest BCUT2D eigenvalue weighted by molar-refractivity contribution is -0.123. The van der Waals surface area contributed by atoms with Crippen LogP contribution in [0.4, 0.5) is 0 Å². The van der Waals surface area contributed by atoms with E-state index in [1.54, 1.807) is 36.4 Å². The highest BCUT2D eigenvalue weighted by Gasteiger charge is 2.27. The molecular formula is C19H24N2O4S. The van der Waals surface area contributed by atoms with Crippen molar-refractivity contribution in [2.45, 2.75) is 37.8 Å². The maximum Gasteiger partial charge on any atom is 0.242 e. The fourth-order valence-corrected chi connectivity index (χ4v) is 3.58. The first-order valence-electron chi connectivity index (χ1n) is 8.44. The van der Waals surface area contributed by atoms with Gasteiger partial charge in [-0.15, -0.1) is 0 Å². The Labute approximate surface area is 154 Å². The molecule has 26 heavy (non-hydrogen) atoms. The molecule has 2 N–H and O–H groups in total. The van der Waals surface area contributed by atoms with Gasteiger partial charge in [0.15, 0.2) is 0 Å². The third-order valence-corrected chi connectivity index (χ3v) is 4.98. The summed E-state index contributed by atoms with van der Waals surface area (Å²) >= 11 is 0. The van der Waals surface area contributed by atoms with Gasteiger partial charge in [-0.2, -0.15) is 4.72 Å². The van der Waals surface area contributed by atoms with Gasteiger partial charge in [0.25, 0.3) is 0 Å². The summed E-state index contributed by atoms with van der Waals surface area (Å²) in [6.07, 6.45) is 0. The highest BCUT2D eigenvalue weighted by Crippen LogP contribution is 2.20. The fourth-order valence-electron chi connectivity index (χ4n) is 2.39. The number of rotatable bonds is 8. The summed E-state index contributed by atoms with van der Waals surface area (Å²) in [6.45, 7) is 5.99. The number of hydrogen-bond donors (Lipinski definition) is 2. The Balaban J connectivity index is 2.29. The second-order valence-electron chi connectivity index (χ2n) is 6.03. The first-order chi connectivity index (χ1) is 12.3. The van der Waals surface area contributed by atoms with Gasteiger partial charge in [-0.25, -0.2) is 8.42 Å². The average molecular weight is 376 g/mol. The van der Waals surface area contributed by atoms with Crippen LogP contribution in [0.3, 0.4) is 0 Å². The fraction of sp³-hybridized carbons (Fsp3) is 0.316. The van der Waals surface area contributed by atoms with Gasteiger partial charge in [0.2, 0.25) is 15.9 Å². The van der Waals surface area contributed by atoms with Crippen molar-refractivity contribution in [3.05, 3.63) is 60.2 Å². The minimum atomic E-state index is -3.89. The van der Waals surface area contributed by atoms with Crippen LogP contribution in [0.15, 0.2) is 59.5 Å². The van der Waals surface area contributed by atoms with E-state index in [0.29, 0.717) is 17.9 Å². The monoisotopic (exact) mass is 376 g/mol. The van der Waals surface area contributed by atoms with E-state index in [2.05, 4.69) is 10.0 Å². The van der Waals surface area contributed by atoms with Crippen molar-refractivity contribution in [3.8, 4) is 5.75 Å². The van der Waals surface area contributed by atoms with E-state index in [0.717, 1.165) is 0 Å². The van der Waals surface area contributed by atoms with Crippen LogP contribution in [0.2, 0.25) is 0 Å². The lowest BCUT2D eigenvalue weighted by atomic mass is 10.1. The van der Waals surface area contributed by atoms with Crippen molar-refractivity contribution >= 4 is 15.9 Å². The van der Waals surface area contributed by atoms with E-state index < -0.39 is 22.0 Å². The van der Waals surface area contributed by atoms with Gasteiger partial charge in [-0.05, 0) is 50.6 Å². The number of sulfonamides is 1. The van der Waals surface area contributed by atoms with Crippen molar-refractivity contribution in [2.24, 2.45) is 0 Å². The van der Waals surface area contributed by atoms with Gasteiger partial charge < -0.3 is 10.1 Å². The van der Waals surface area contributed by atoms with Crippen LogP contribution in [0.1, 0.15) is 32.4 Å². The molecule has 0 aliphatic heterocycles. The van der Waals surface area contributed by atoms with Crippen molar-refractivity contribution in [1.29, 1.82) is 0 Å². The van der Waals surface area contributed by atoms with E-state index >= 15 is 0 Å². The number of carbonyl (C=O) groups excluding carboxylic acids is 1. The number of amides is 1. The highest BCUT2D eigenvalue weighted by molar-refractivity contribution is 7.89. The molecule has 6 nitrogen and oxygen atoms in total. The standard InChI is InChI=1S/C19H24N2O4S/c1-4-25-16-10-12-17(13-11-16)26(23,24)21-18(19(22)20-14(2)3)15-8-6-5-7-9-15/h5-14,18,21H,4H2,1-3H3,(H,20,22)/t18-/m0/s1. The van der Waals surface area contributed by atoms with Crippen LogP contribution in [0.25, 0.3) is 0 Å². The molecule has 140 valence electrons. The zero-order valence-electron chi connectivity index (χ0n) is 15.1. The third kappa shape index (κ3) is 5.31. The van der Waals surface area contributed by atoms with Crippen LogP contribution in [0.5, 0.6) is 5.75 Å². The average Bonchev–Trinajstić information content (AvgIpc) is 2.60. The Morgan fingerprint density at radius 1 is 1.04 bits per heavy atom. The van der Waals surface area contributed by atoms with Gasteiger partial charge in [0, 0.05) is 6.04 Å². The molecule has 0 bridgehead atoms. The molecule has 2 aromatic carbocycles. The van der Waals surface area contributed by atoms with Crippen LogP contribution >= 0.6 is 0 Å². The molecule has 2 rings (SSSR count). The predicted molar refractivity (Wildman–Crippen MR) is 100 cm³/mol. The molecule has 0 fully saturated rings. The number of nitrogens with one attached hydrogen (secondary N) is 2. The Morgan fingerprint density at radius 3 is 2.19 bits per heavy atom. The Morgan fingerprint density at radius 2 is 1.65 bits per heavy atom. The molecule has 0 aliphatic carbocycles. The molecule has 1 amide bonds. The van der Waals surface area contributed by atoms with E-state index in [1.165, 1.54) is 12.1 Å². The topological polar surface area (TPSA) is 84.5 Å². The van der Waals surface area contributed by atoms with Crippen molar-refractivity contribution in [3.63, 3.8) is 0 Å². The third-order valence-electron chi connectivity index (χ3n) is 3.54. The smallest absolute Gasteiger partial charge is 0.242 e. The van der Waals surface area contributed by atoms with Crippen LogP contribution in [-0.2, 0) is 14.8 Å². The molecule has 0 saturated carbocycles. The second-order valence-corrected chi connectivity index (χ2v) is 7.75. The van der Waals surface area contributed by atoms with Crippen LogP contribution < -0.4 is 14.8 Å². The Kier molecular flexibility index (Phi) is 6.76. The van der Waals surface area contributed by atoms with Gasteiger partial charge in [-0.3, -0.25) is 4.79 Å². The Bertz CT molecular complexity index is 818. The van der Waals surface area contributed by atoms with Gasteiger partial charge >= 0.3 is 0 Å². The minimum absolute atomic E-state index is 0.0687. The summed E-state index contributed by atoms with van der Waals surface area (Å²) in [5.41, 5.74) is 0.570. The zero-order chi connectivity index (χ0) is 19.2. The quantitative estimate of drug-likeness (QED) is 0.742. The molecule has 1 atom stereocenters. The molecule has 0 radical (unpaired) electrons. The molecular weight excluding hydrogens is 352 g/mol. The number of benzene rings is 2. The van der Waals surface area contributed by atoms with Crippen molar-refractivity contribution < 1.29 is 17.9 Å². The Hall–Kier alpha value is -2.38. The van der Waals surface area contributed by atoms with Gasteiger partial charge in [0.05, 0.1) is 11.5 Å². The van der Waals surface area contributed by atoms with E-state index in [4.69, 9.17) is 4.74 Å². The molecule has 7 heteroatoms. The zero-order valence-corrected chi connectivity index (χ0v) is 15.9. The first-order valence-corrected chi connectivity index (χ1v) is 9.92. The molecule has 0 heterocycles. The predicted octanol–water partition coefficient (Wildman–Crippen LogP) is 2.63. The largest absolute Gasteiger partial charge is 0.494 e. The maximum atomic E-state index is 12.7. The number of carbonyl (C=O) groups is 1. The summed E-state index contributed by atoms with van der Waals surface area (Å²) in [6, 6.07) is 13.7. The first kappa shape index (κ1) is 19.9. The molecule has 0 aromatic heterocycles. The molecule has 0 unspecified atom stereocenters. The summed E-state index contributed by atoms with van der Waals surface area (Å²) in [4.78, 5) is 12.6. The van der Waals surface area contributed by atoms with E-state index in [9.17, 15) is 13.2 Å². The lowest BCUT2D eigenvalue weighted by Crippen LogP contribution is -2.42. The van der Waals surface area contributed by atoms with Crippen molar-refractivity contribution in [1.82, 2.24) is 10.0 Å². The molecule has 0 spiro atoms. The molecule has 2 aromatic rings. The highest BCUT2D eigenvalue weighted by atomic mass is 32.2. The van der Waals surface area contributed by atoms with E-state index in [-0.39, 0.29) is 10.9 Å². The van der Waals surface area contributed by atoms with E-state index in [1.807, 2.05) is 26.8 Å². The van der Waals surface area contributed by atoms with Crippen LogP contribution in [0, 0.1) is 0 Å².